The minimum Gasteiger partial charge on any atom is -0.391 e. The average Bonchev–Trinajstić information content (AvgIpc) is 3.41. The summed E-state index contributed by atoms with van der Waals surface area (Å²) in [7, 11) is 1.76. The third kappa shape index (κ3) is 11.0. The number of nitrogens with one attached hydrogen (secondary N) is 1. The van der Waals surface area contributed by atoms with Gasteiger partial charge in [-0.3, -0.25) is 9.59 Å². The molecule has 230 valence electrons. The van der Waals surface area contributed by atoms with Crippen LogP contribution < -0.4 is 11.1 Å². The largest absolute Gasteiger partial charge is 0.391 e. The van der Waals surface area contributed by atoms with Gasteiger partial charge in [-0.05, 0) is 36.3 Å². The number of benzene rings is 2. The molecule has 0 saturated carbocycles. The van der Waals surface area contributed by atoms with E-state index in [1.54, 1.807) is 23.3 Å². The molecule has 3 rings (SSSR count). The Morgan fingerprint density at radius 2 is 1.55 bits per heavy atom. The molecule has 1 aromatic heterocycles. The van der Waals surface area contributed by atoms with Crippen LogP contribution in [0.2, 0.25) is 0 Å². The van der Waals surface area contributed by atoms with Crippen molar-refractivity contribution in [3.63, 3.8) is 0 Å². The summed E-state index contributed by atoms with van der Waals surface area (Å²) in [6.07, 6.45) is 0.719. The molecule has 0 spiro atoms. The van der Waals surface area contributed by atoms with Gasteiger partial charge in [0.25, 0.3) is 0 Å². The zero-order chi connectivity index (χ0) is 29.9. The fourth-order valence-electron chi connectivity index (χ4n) is 4.86. The van der Waals surface area contributed by atoms with Gasteiger partial charge >= 0.3 is 0 Å². The average molecular weight is 595 g/mol. The summed E-state index contributed by atoms with van der Waals surface area (Å²) >= 11 is 1.61. The molecule has 3 aromatic rings. The molecule has 8 heteroatoms. The van der Waals surface area contributed by atoms with Gasteiger partial charge in [-0.2, -0.15) is 0 Å². The Morgan fingerprint density at radius 3 is 2.07 bits per heavy atom. The molecule has 0 bridgehead atoms. The van der Waals surface area contributed by atoms with Gasteiger partial charge in [0.1, 0.15) is 0 Å². The zero-order valence-electron chi connectivity index (χ0n) is 25.0. The maximum absolute atomic E-state index is 13.6. The van der Waals surface area contributed by atoms with E-state index in [2.05, 4.69) is 24.1 Å². The number of nitrogens with zero attached hydrogens (tertiary/aromatic N) is 2. The van der Waals surface area contributed by atoms with Crippen LogP contribution in [0, 0.1) is 11.8 Å². The highest BCUT2D eigenvalue weighted by Crippen LogP contribution is 2.22. The number of carbonyl (C=O) groups is 2. The van der Waals surface area contributed by atoms with Crippen molar-refractivity contribution < 1.29 is 14.7 Å². The molecule has 2 aromatic carbocycles. The highest BCUT2D eigenvalue weighted by molar-refractivity contribution is 7.09. The predicted octanol–water partition coefficient (Wildman–Crippen LogP) is 5.57. The molecule has 0 aliphatic heterocycles. The molecular formula is C34H50N4O3S. The number of hydrogen-bond donors (Lipinski definition) is 3. The van der Waals surface area contributed by atoms with Gasteiger partial charge in [-0.25, -0.2) is 4.98 Å². The Morgan fingerprint density at radius 1 is 0.976 bits per heavy atom. The minimum atomic E-state index is -0.802. The van der Waals surface area contributed by atoms with E-state index in [1.807, 2.05) is 79.9 Å². The highest BCUT2D eigenvalue weighted by atomic mass is 32.1. The number of rotatable bonds is 15. The second-order valence-electron chi connectivity index (χ2n) is 11.7. The first-order chi connectivity index (χ1) is 19.5. The fourth-order valence-corrected chi connectivity index (χ4v) is 5.68. The SMILES string of the molecule is C.CC(C)c1nc(CN(C)C(=O)CC(C(=O)NC(Cc2ccccc2)CC(O)C(N)Cc2ccccc2)C(C)C)cs1. The molecule has 1 heterocycles. The first kappa shape index (κ1) is 35.1. The Bertz CT molecular complexity index is 1220. The second-order valence-corrected chi connectivity index (χ2v) is 12.6. The predicted molar refractivity (Wildman–Crippen MR) is 173 cm³/mol. The summed E-state index contributed by atoms with van der Waals surface area (Å²) in [6.45, 7) is 8.54. The number of aliphatic hydroxyl groups excluding tert-OH is 1. The summed E-state index contributed by atoms with van der Waals surface area (Å²) in [5.74, 6) is -0.467. The van der Waals surface area contributed by atoms with Crippen LogP contribution in [0.25, 0.3) is 0 Å². The molecule has 0 radical (unpaired) electrons. The Hall–Kier alpha value is -3.07. The van der Waals surface area contributed by atoms with Gasteiger partial charge in [0.2, 0.25) is 11.8 Å². The van der Waals surface area contributed by atoms with Crippen LogP contribution in [0.3, 0.4) is 0 Å². The quantitative estimate of drug-likeness (QED) is 0.213. The van der Waals surface area contributed by atoms with Gasteiger partial charge in [0.15, 0.2) is 0 Å². The van der Waals surface area contributed by atoms with Gasteiger partial charge in [-0.1, -0.05) is 95.8 Å². The van der Waals surface area contributed by atoms with E-state index in [0.29, 0.717) is 31.7 Å². The molecule has 0 aliphatic rings. The molecule has 0 fully saturated rings. The van der Waals surface area contributed by atoms with E-state index >= 15 is 0 Å². The lowest BCUT2D eigenvalue weighted by Crippen LogP contribution is -2.47. The van der Waals surface area contributed by atoms with Crippen molar-refractivity contribution in [1.82, 2.24) is 15.2 Å². The van der Waals surface area contributed by atoms with Gasteiger partial charge in [0.05, 0.1) is 23.4 Å². The first-order valence-electron chi connectivity index (χ1n) is 14.5. The lowest BCUT2D eigenvalue weighted by atomic mass is 9.89. The number of aliphatic hydroxyl groups is 1. The number of carbonyl (C=O) groups excluding carboxylic acids is 2. The fraction of sp³-hybridized carbons (Fsp3) is 0.500. The first-order valence-corrected chi connectivity index (χ1v) is 15.4. The van der Waals surface area contributed by atoms with Crippen LogP contribution in [0.4, 0.5) is 0 Å². The summed E-state index contributed by atoms with van der Waals surface area (Å²) in [5.41, 5.74) is 9.37. The van der Waals surface area contributed by atoms with Crippen LogP contribution >= 0.6 is 11.3 Å². The molecule has 4 unspecified atom stereocenters. The summed E-state index contributed by atoms with van der Waals surface area (Å²) in [6, 6.07) is 18.9. The Kier molecular flexibility index (Phi) is 14.3. The Labute approximate surface area is 256 Å². The van der Waals surface area contributed by atoms with E-state index in [4.69, 9.17) is 5.73 Å². The maximum atomic E-state index is 13.6. The molecule has 42 heavy (non-hydrogen) atoms. The zero-order valence-corrected chi connectivity index (χ0v) is 25.8. The number of thiazole rings is 1. The molecule has 0 saturated heterocycles. The minimum absolute atomic E-state index is 0. The van der Waals surface area contributed by atoms with Crippen molar-refractivity contribution in [2.24, 2.45) is 17.6 Å². The van der Waals surface area contributed by atoms with Gasteiger partial charge < -0.3 is 21.1 Å². The van der Waals surface area contributed by atoms with Crippen molar-refractivity contribution >= 4 is 23.2 Å². The lowest BCUT2D eigenvalue weighted by molar-refractivity contribution is -0.137. The third-order valence-corrected chi connectivity index (χ3v) is 8.62. The van der Waals surface area contributed by atoms with Crippen molar-refractivity contribution in [2.75, 3.05) is 7.05 Å². The van der Waals surface area contributed by atoms with Crippen LogP contribution in [0.15, 0.2) is 66.0 Å². The number of aromatic nitrogens is 1. The number of nitrogens with two attached hydrogens (primary N) is 1. The summed E-state index contributed by atoms with van der Waals surface area (Å²) < 4.78 is 0. The van der Waals surface area contributed by atoms with Crippen LogP contribution in [-0.4, -0.2) is 52.0 Å². The van der Waals surface area contributed by atoms with E-state index in [9.17, 15) is 14.7 Å². The molecule has 2 amide bonds. The Balaban J connectivity index is 0.00000616. The standard InChI is InChI=1S/C33H46N4O3S.CH4/c1-22(2)28(19-31(39)37(5)20-27-21-41-33(36-27)23(3)4)32(40)35-26(16-24-12-8-6-9-13-24)18-30(38)29(34)17-25-14-10-7-11-15-25;/h6-15,21-23,26,28-30,38H,16-20,34H2,1-5H3,(H,35,40);1H4. The molecular weight excluding hydrogens is 544 g/mol. The van der Waals surface area contributed by atoms with Gasteiger partial charge in [-0.15, -0.1) is 11.3 Å². The van der Waals surface area contributed by atoms with E-state index < -0.39 is 18.1 Å². The molecule has 7 nitrogen and oxygen atoms in total. The van der Waals surface area contributed by atoms with Crippen LogP contribution in [0.5, 0.6) is 0 Å². The van der Waals surface area contributed by atoms with Gasteiger partial charge in [0, 0.05) is 42.8 Å². The third-order valence-electron chi connectivity index (χ3n) is 7.43. The van der Waals surface area contributed by atoms with E-state index in [1.165, 1.54) is 0 Å². The summed E-state index contributed by atoms with van der Waals surface area (Å²) in [5, 5.41) is 17.3. The van der Waals surface area contributed by atoms with Crippen molar-refractivity contribution in [2.45, 2.75) is 91.5 Å². The van der Waals surface area contributed by atoms with Crippen molar-refractivity contribution in [3.05, 3.63) is 87.9 Å². The number of amides is 2. The maximum Gasteiger partial charge on any atom is 0.224 e. The summed E-state index contributed by atoms with van der Waals surface area (Å²) in [4.78, 5) is 33.1. The molecule has 4 atom stereocenters. The van der Waals surface area contributed by atoms with E-state index in [-0.39, 0.29) is 37.6 Å². The van der Waals surface area contributed by atoms with Crippen LogP contribution in [0.1, 0.15) is 75.7 Å². The second kappa shape index (κ2) is 17.1. The van der Waals surface area contributed by atoms with Crippen molar-refractivity contribution in [3.8, 4) is 0 Å². The molecule has 0 aliphatic carbocycles. The normalized spacial score (nSPS) is 14.1. The topological polar surface area (TPSA) is 109 Å². The van der Waals surface area contributed by atoms with Crippen molar-refractivity contribution in [1.29, 1.82) is 0 Å². The molecule has 4 N–H and O–H groups in total. The lowest BCUT2D eigenvalue weighted by Gasteiger charge is -2.29. The van der Waals surface area contributed by atoms with Crippen LogP contribution in [-0.2, 0) is 29.0 Å². The highest BCUT2D eigenvalue weighted by Gasteiger charge is 2.30. The smallest absolute Gasteiger partial charge is 0.224 e. The number of hydrogen-bond acceptors (Lipinski definition) is 6. The monoisotopic (exact) mass is 594 g/mol. The van der Waals surface area contributed by atoms with E-state index in [0.717, 1.165) is 21.8 Å².